The molecule has 0 spiro atoms. The topological polar surface area (TPSA) is 64.9 Å². The van der Waals surface area contributed by atoms with Gasteiger partial charge in [0.05, 0.1) is 12.1 Å². The summed E-state index contributed by atoms with van der Waals surface area (Å²) in [6.45, 7) is 4.95. The van der Waals surface area contributed by atoms with Gasteiger partial charge in [-0.05, 0) is 25.3 Å². The van der Waals surface area contributed by atoms with Crippen molar-refractivity contribution in [3.8, 4) is 6.19 Å². The number of nitriles is 1. The zero-order valence-corrected chi connectivity index (χ0v) is 9.42. The van der Waals surface area contributed by atoms with Crippen molar-refractivity contribution in [2.24, 2.45) is 5.92 Å². The van der Waals surface area contributed by atoms with Gasteiger partial charge in [0.15, 0.2) is 12.0 Å². The molecule has 2 N–H and O–H groups in total. The summed E-state index contributed by atoms with van der Waals surface area (Å²) in [5.74, 6) is 0.350. The van der Waals surface area contributed by atoms with Gasteiger partial charge in [-0.1, -0.05) is 20.3 Å². The maximum atomic E-state index is 12.1. The number of ketones is 1. The first-order chi connectivity index (χ1) is 7.20. The van der Waals surface area contributed by atoms with Crippen LogP contribution in [-0.2, 0) is 4.79 Å². The van der Waals surface area contributed by atoms with E-state index in [1.54, 1.807) is 0 Å². The summed E-state index contributed by atoms with van der Waals surface area (Å²) in [6.07, 6.45) is 4.74. The summed E-state index contributed by atoms with van der Waals surface area (Å²) < 4.78 is 0. The normalized spacial score (nSPS) is 24.2. The summed E-state index contributed by atoms with van der Waals surface area (Å²) in [5.41, 5.74) is 0. The molecule has 0 saturated carbocycles. The number of nitrogens with zero attached hydrogens (tertiary/aromatic N) is 1. The van der Waals surface area contributed by atoms with Crippen LogP contribution in [0.4, 0.5) is 0 Å². The van der Waals surface area contributed by atoms with Crippen LogP contribution in [0.25, 0.3) is 0 Å². The predicted octanol–water partition coefficient (Wildman–Crippen LogP) is 0.793. The molecule has 1 aliphatic rings. The minimum absolute atomic E-state index is 0.0511. The zero-order chi connectivity index (χ0) is 11.3. The smallest absolute Gasteiger partial charge is 0.177 e. The second kappa shape index (κ2) is 5.72. The van der Waals surface area contributed by atoms with Crippen molar-refractivity contribution >= 4 is 5.78 Å². The van der Waals surface area contributed by atoms with E-state index in [9.17, 15) is 4.79 Å². The quantitative estimate of drug-likeness (QED) is 0.519. The summed E-state index contributed by atoms with van der Waals surface area (Å²) in [6, 6.07) is -0.375. The predicted molar refractivity (Wildman–Crippen MR) is 58.0 cm³/mol. The summed E-state index contributed by atoms with van der Waals surface area (Å²) in [7, 11) is 0. The summed E-state index contributed by atoms with van der Waals surface area (Å²) in [4.78, 5) is 12.1. The standard InChI is InChI=1S/C11H19N3O/c1-3-8(2)10(14-7-12)11(15)9-5-4-6-13-9/h8-10,13-14H,3-6H2,1-2H3/t8?,9?,10-/m0/s1. The van der Waals surface area contributed by atoms with Gasteiger partial charge >= 0.3 is 0 Å². The molecule has 1 saturated heterocycles. The summed E-state index contributed by atoms with van der Waals surface area (Å²) in [5, 5.41) is 14.4. The van der Waals surface area contributed by atoms with Crippen molar-refractivity contribution in [3.05, 3.63) is 0 Å². The van der Waals surface area contributed by atoms with Crippen molar-refractivity contribution < 1.29 is 4.79 Å². The van der Waals surface area contributed by atoms with Crippen LogP contribution in [0.1, 0.15) is 33.1 Å². The van der Waals surface area contributed by atoms with Crippen LogP contribution in [0.5, 0.6) is 0 Å². The third-order valence-electron chi connectivity index (χ3n) is 3.14. The van der Waals surface area contributed by atoms with Gasteiger partial charge in [-0.3, -0.25) is 4.79 Å². The summed E-state index contributed by atoms with van der Waals surface area (Å²) >= 11 is 0. The number of nitrogens with one attached hydrogen (secondary N) is 2. The SMILES string of the molecule is CCC(C)[C@H](NC#N)C(=O)C1CCCN1. The average molecular weight is 209 g/mol. The number of hydrogen-bond donors (Lipinski definition) is 2. The molecule has 0 aromatic rings. The molecule has 1 rings (SSSR count). The van der Waals surface area contributed by atoms with Crippen LogP contribution in [0.15, 0.2) is 0 Å². The molecule has 0 aromatic carbocycles. The molecule has 0 aliphatic carbocycles. The lowest BCUT2D eigenvalue weighted by Crippen LogP contribution is -2.47. The van der Waals surface area contributed by atoms with Gasteiger partial charge < -0.3 is 10.6 Å². The molecule has 15 heavy (non-hydrogen) atoms. The van der Waals surface area contributed by atoms with Crippen molar-refractivity contribution in [2.75, 3.05) is 6.54 Å². The van der Waals surface area contributed by atoms with Crippen LogP contribution in [0, 0.1) is 17.4 Å². The lowest BCUT2D eigenvalue weighted by molar-refractivity contribution is -0.123. The Bertz CT molecular complexity index is 253. The van der Waals surface area contributed by atoms with E-state index >= 15 is 0 Å². The molecule has 0 amide bonds. The van der Waals surface area contributed by atoms with Crippen molar-refractivity contribution in [1.29, 1.82) is 5.26 Å². The molecule has 4 nitrogen and oxygen atoms in total. The Morgan fingerprint density at radius 3 is 2.93 bits per heavy atom. The van der Waals surface area contributed by atoms with Crippen LogP contribution in [0.2, 0.25) is 0 Å². The minimum Gasteiger partial charge on any atom is -0.313 e. The molecule has 1 fully saturated rings. The van der Waals surface area contributed by atoms with Gasteiger partial charge in [0, 0.05) is 0 Å². The Morgan fingerprint density at radius 2 is 2.47 bits per heavy atom. The first-order valence-corrected chi connectivity index (χ1v) is 5.62. The molecule has 0 aromatic heterocycles. The van der Waals surface area contributed by atoms with Gasteiger partial charge in [0.1, 0.15) is 0 Å². The molecule has 4 heteroatoms. The van der Waals surface area contributed by atoms with Gasteiger partial charge in [-0.2, -0.15) is 5.26 Å². The molecular weight excluding hydrogens is 190 g/mol. The van der Waals surface area contributed by atoms with E-state index in [1.807, 2.05) is 20.0 Å². The highest BCUT2D eigenvalue weighted by atomic mass is 16.1. The van der Waals surface area contributed by atoms with Gasteiger partial charge in [-0.25, -0.2) is 0 Å². The van der Waals surface area contributed by atoms with Crippen LogP contribution < -0.4 is 10.6 Å². The molecule has 0 bridgehead atoms. The van der Waals surface area contributed by atoms with E-state index in [0.717, 1.165) is 25.8 Å². The highest BCUT2D eigenvalue weighted by molar-refractivity contribution is 5.89. The number of hydrogen-bond acceptors (Lipinski definition) is 4. The molecule has 2 unspecified atom stereocenters. The molecule has 0 radical (unpaired) electrons. The van der Waals surface area contributed by atoms with E-state index in [4.69, 9.17) is 5.26 Å². The fourth-order valence-electron chi connectivity index (χ4n) is 1.94. The van der Waals surface area contributed by atoms with E-state index in [2.05, 4.69) is 10.6 Å². The highest BCUT2D eigenvalue weighted by Gasteiger charge is 2.31. The third-order valence-corrected chi connectivity index (χ3v) is 3.14. The average Bonchev–Trinajstić information content (AvgIpc) is 2.77. The van der Waals surface area contributed by atoms with E-state index in [0.29, 0.717) is 0 Å². The van der Waals surface area contributed by atoms with E-state index < -0.39 is 0 Å². The fraction of sp³-hybridized carbons (Fsp3) is 0.818. The van der Waals surface area contributed by atoms with Crippen molar-refractivity contribution in [3.63, 3.8) is 0 Å². The van der Waals surface area contributed by atoms with Gasteiger partial charge in [0.25, 0.3) is 0 Å². The van der Waals surface area contributed by atoms with Crippen LogP contribution >= 0.6 is 0 Å². The largest absolute Gasteiger partial charge is 0.313 e. The Labute approximate surface area is 91.0 Å². The fourth-order valence-corrected chi connectivity index (χ4v) is 1.94. The van der Waals surface area contributed by atoms with Gasteiger partial charge in [0.2, 0.25) is 0 Å². The first kappa shape index (κ1) is 12.0. The zero-order valence-electron chi connectivity index (χ0n) is 9.42. The number of rotatable bonds is 5. The maximum Gasteiger partial charge on any atom is 0.177 e. The van der Waals surface area contributed by atoms with Crippen molar-refractivity contribution in [2.45, 2.75) is 45.2 Å². The third kappa shape index (κ3) is 2.93. The second-order valence-electron chi connectivity index (χ2n) is 4.17. The second-order valence-corrected chi connectivity index (χ2v) is 4.17. The highest BCUT2D eigenvalue weighted by Crippen LogP contribution is 2.14. The van der Waals surface area contributed by atoms with Crippen LogP contribution in [-0.4, -0.2) is 24.4 Å². The monoisotopic (exact) mass is 209 g/mol. The van der Waals surface area contributed by atoms with Crippen molar-refractivity contribution in [1.82, 2.24) is 10.6 Å². The lowest BCUT2D eigenvalue weighted by Gasteiger charge is -2.23. The molecule has 84 valence electrons. The Hall–Kier alpha value is -1.08. The molecule has 1 heterocycles. The molecular formula is C11H19N3O. The number of carbonyl (C=O) groups excluding carboxylic acids is 1. The lowest BCUT2D eigenvalue weighted by atomic mass is 9.91. The maximum absolute atomic E-state index is 12.1. The first-order valence-electron chi connectivity index (χ1n) is 5.62. The number of carbonyl (C=O) groups is 1. The Kier molecular flexibility index (Phi) is 4.57. The van der Waals surface area contributed by atoms with Gasteiger partial charge in [-0.15, -0.1) is 0 Å². The molecule has 3 atom stereocenters. The Morgan fingerprint density at radius 1 is 1.73 bits per heavy atom. The molecule has 1 aliphatic heterocycles. The van der Waals surface area contributed by atoms with E-state index in [-0.39, 0.29) is 23.8 Å². The van der Waals surface area contributed by atoms with E-state index in [1.165, 1.54) is 0 Å². The number of Topliss-reactive ketones (excluding diaryl/α,β-unsaturated/α-hetero) is 1. The Balaban J connectivity index is 2.62. The minimum atomic E-state index is -0.324. The van der Waals surface area contributed by atoms with Crippen LogP contribution in [0.3, 0.4) is 0 Å².